The van der Waals surface area contributed by atoms with Crippen LogP contribution in [0.5, 0.6) is 17.2 Å². The number of nitrogens with one attached hydrogen (secondary N) is 2. The second-order valence-corrected chi connectivity index (χ2v) is 7.86. The number of hydrogen-bond donors (Lipinski definition) is 2. The summed E-state index contributed by atoms with van der Waals surface area (Å²) in [6, 6.07) is 15.4. The molecule has 0 atom stereocenters. The molecule has 37 heavy (non-hydrogen) atoms. The predicted octanol–water partition coefficient (Wildman–Crippen LogP) is 3.23. The van der Waals surface area contributed by atoms with E-state index in [1.165, 1.54) is 43.4 Å². The van der Waals surface area contributed by atoms with Gasteiger partial charge in [-0.15, -0.1) is 0 Å². The summed E-state index contributed by atoms with van der Waals surface area (Å²) in [6.45, 7) is -0.471. The molecule has 3 aromatic carbocycles. The van der Waals surface area contributed by atoms with Crippen LogP contribution in [0.25, 0.3) is 0 Å². The normalized spacial score (nSPS) is 12.2. The third-order valence-corrected chi connectivity index (χ3v) is 5.45. The van der Waals surface area contributed by atoms with Crippen LogP contribution in [0, 0.1) is 10.1 Å². The van der Waals surface area contributed by atoms with Crippen molar-refractivity contribution in [1.82, 2.24) is 0 Å². The largest absolute Gasteiger partial charge is 0.494 e. The molecule has 0 saturated carbocycles. The van der Waals surface area contributed by atoms with Gasteiger partial charge in [0.2, 0.25) is 5.91 Å². The minimum atomic E-state index is -0.654. The number of nitrogens with zero attached hydrogens (tertiary/aromatic N) is 2. The van der Waals surface area contributed by atoms with Gasteiger partial charge in [0.15, 0.2) is 5.75 Å². The number of nitro benzene ring substituents is 1. The first-order chi connectivity index (χ1) is 17.8. The first-order valence-corrected chi connectivity index (χ1v) is 11.0. The van der Waals surface area contributed by atoms with E-state index in [2.05, 4.69) is 10.6 Å². The van der Waals surface area contributed by atoms with Gasteiger partial charge in [-0.05, 0) is 18.2 Å². The molecule has 0 aliphatic carbocycles. The molecule has 190 valence electrons. The average molecular weight is 506 g/mol. The van der Waals surface area contributed by atoms with Crippen molar-refractivity contribution >= 4 is 40.5 Å². The Morgan fingerprint density at radius 3 is 2.27 bits per heavy atom. The Bertz CT molecular complexity index is 1380. The smallest absolute Gasteiger partial charge is 0.331 e. The lowest BCUT2D eigenvalue weighted by Crippen LogP contribution is -2.41. The number of carbonyl (C=O) groups excluding carboxylic acids is 3. The molecule has 1 aliphatic heterocycles. The van der Waals surface area contributed by atoms with E-state index in [1.54, 1.807) is 30.3 Å². The number of carbonyl (C=O) groups is 3. The van der Waals surface area contributed by atoms with E-state index in [4.69, 9.17) is 14.2 Å². The van der Waals surface area contributed by atoms with E-state index in [1.807, 2.05) is 0 Å². The number of hydrogen-bond acceptors (Lipinski definition) is 9. The first kappa shape index (κ1) is 25.0. The van der Waals surface area contributed by atoms with Crippen molar-refractivity contribution in [3.8, 4) is 17.2 Å². The standard InChI is InChI=1S/C25H22N4O8/c1-35-20-12-18(27-25(32)15-6-4-3-5-7-15)21(36-2)11-17(20)26-23(30)13-28-14-24(31)37-22-10-16(29(33)34)8-9-19(22)28/h3-12H,13-14H2,1-2H3,(H,26,30)(H,27,32). The molecular formula is C25H22N4O8. The van der Waals surface area contributed by atoms with Gasteiger partial charge in [-0.2, -0.15) is 0 Å². The fraction of sp³-hybridized carbons (Fsp3) is 0.160. The highest BCUT2D eigenvalue weighted by Crippen LogP contribution is 2.38. The van der Waals surface area contributed by atoms with Crippen LogP contribution in [0.2, 0.25) is 0 Å². The molecule has 1 heterocycles. The average Bonchev–Trinajstić information content (AvgIpc) is 2.89. The molecule has 1 aliphatic rings. The lowest BCUT2D eigenvalue weighted by Gasteiger charge is -2.29. The molecule has 12 heteroatoms. The number of esters is 1. The Labute approximate surface area is 210 Å². The van der Waals surface area contributed by atoms with Gasteiger partial charge in [0.1, 0.15) is 18.0 Å². The Morgan fingerprint density at radius 1 is 1.00 bits per heavy atom. The number of ether oxygens (including phenoxy) is 3. The summed E-state index contributed by atoms with van der Waals surface area (Å²) in [5, 5.41) is 16.5. The lowest BCUT2D eigenvalue weighted by atomic mass is 10.2. The van der Waals surface area contributed by atoms with Crippen molar-refractivity contribution < 1.29 is 33.5 Å². The molecule has 0 unspecified atom stereocenters. The summed E-state index contributed by atoms with van der Waals surface area (Å²) in [7, 11) is 2.82. The van der Waals surface area contributed by atoms with Crippen LogP contribution in [0.15, 0.2) is 60.7 Å². The van der Waals surface area contributed by atoms with Crippen molar-refractivity contribution in [2.45, 2.75) is 0 Å². The number of non-ortho nitro benzene ring substituents is 1. The van der Waals surface area contributed by atoms with Gasteiger partial charge in [0.05, 0.1) is 48.8 Å². The number of methoxy groups -OCH3 is 2. The van der Waals surface area contributed by atoms with Gasteiger partial charge >= 0.3 is 5.97 Å². The van der Waals surface area contributed by atoms with Crippen molar-refractivity contribution in [3.05, 3.63) is 76.3 Å². The fourth-order valence-corrected chi connectivity index (χ4v) is 3.74. The highest BCUT2D eigenvalue weighted by molar-refractivity contribution is 6.06. The molecule has 2 amide bonds. The summed E-state index contributed by atoms with van der Waals surface area (Å²) in [5.74, 6) is -0.977. The van der Waals surface area contributed by atoms with Gasteiger partial charge in [-0.3, -0.25) is 19.7 Å². The molecule has 0 bridgehead atoms. The maximum atomic E-state index is 12.9. The van der Waals surface area contributed by atoms with Crippen molar-refractivity contribution in [3.63, 3.8) is 0 Å². The molecule has 0 saturated heterocycles. The maximum absolute atomic E-state index is 12.9. The van der Waals surface area contributed by atoms with Crippen LogP contribution in [-0.4, -0.2) is 50.0 Å². The Hall–Kier alpha value is -5.13. The number of nitro groups is 1. The monoisotopic (exact) mass is 506 g/mol. The molecule has 2 N–H and O–H groups in total. The van der Waals surface area contributed by atoms with E-state index < -0.39 is 16.8 Å². The fourth-order valence-electron chi connectivity index (χ4n) is 3.74. The van der Waals surface area contributed by atoms with Gasteiger partial charge in [0, 0.05) is 23.8 Å². The summed E-state index contributed by atoms with van der Waals surface area (Å²) in [6.07, 6.45) is 0. The minimum absolute atomic E-state index is 0.00369. The van der Waals surface area contributed by atoms with Gasteiger partial charge in [0.25, 0.3) is 11.6 Å². The van der Waals surface area contributed by atoms with Gasteiger partial charge in [-0.1, -0.05) is 18.2 Å². The quantitative estimate of drug-likeness (QED) is 0.203. The minimum Gasteiger partial charge on any atom is -0.494 e. The Morgan fingerprint density at radius 2 is 1.65 bits per heavy atom. The zero-order chi connectivity index (χ0) is 26.5. The van der Waals surface area contributed by atoms with Crippen molar-refractivity contribution in [2.24, 2.45) is 0 Å². The van der Waals surface area contributed by atoms with E-state index in [9.17, 15) is 24.5 Å². The van der Waals surface area contributed by atoms with E-state index >= 15 is 0 Å². The molecule has 4 rings (SSSR count). The highest BCUT2D eigenvalue weighted by Gasteiger charge is 2.28. The number of fused-ring (bicyclic) bond motifs is 1. The molecule has 3 aromatic rings. The number of benzene rings is 3. The maximum Gasteiger partial charge on any atom is 0.331 e. The van der Waals surface area contributed by atoms with Crippen LogP contribution < -0.4 is 29.7 Å². The SMILES string of the molecule is COc1cc(NC(=O)c2ccccc2)c(OC)cc1NC(=O)CN1CC(=O)Oc2cc([N+](=O)[O-])ccc21. The Balaban J connectivity index is 1.53. The third-order valence-electron chi connectivity index (χ3n) is 5.45. The summed E-state index contributed by atoms with van der Waals surface area (Å²) < 4.78 is 15.9. The van der Waals surface area contributed by atoms with Crippen molar-refractivity contribution in [1.29, 1.82) is 0 Å². The van der Waals surface area contributed by atoms with Gasteiger partial charge < -0.3 is 29.7 Å². The zero-order valence-electron chi connectivity index (χ0n) is 19.8. The zero-order valence-corrected chi connectivity index (χ0v) is 19.8. The summed E-state index contributed by atoms with van der Waals surface area (Å²) >= 11 is 0. The second-order valence-electron chi connectivity index (χ2n) is 7.86. The topological polar surface area (TPSA) is 149 Å². The number of amides is 2. The predicted molar refractivity (Wildman–Crippen MR) is 134 cm³/mol. The van der Waals surface area contributed by atoms with Crippen LogP contribution in [-0.2, 0) is 9.59 Å². The molecule has 12 nitrogen and oxygen atoms in total. The highest BCUT2D eigenvalue weighted by atomic mass is 16.6. The lowest BCUT2D eigenvalue weighted by molar-refractivity contribution is -0.384. The second kappa shape index (κ2) is 10.6. The van der Waals surface area contributed by atoms with Crippen molar-refractivity contribution in [2.75, 3.05) is 42.8 Å². The van der Waals surface area contributed by atoms with E-state index in [0.29, 0.717) is 16.9 Å². The van der Waals surface area contributed by atoms with E-state index in [-0.39, 0.29) is 47.6 Å². The number of rotatable bonds is 8. The van der Waals surface area contributed by atoms with Crippen LogP contribution in [0.4, 0.5) is 22.7 Å². The summed E-state index contributed by atoms with van der Waals surface area (Å²) in [5.41, 5.74) is 1.18. The molecule has 0 aromatic heterocycles. The van der Waals surface area contributed by atoms with Crippen LogP contribution in [0.1, 0.15) is 10.4 Å². The number of anilines is 3. The third kappa shape index (κ3) is 5.59. The summed E-state index contributed by atoms with van der Waals surface area (Å²) in [4.78, 5) is 49.4. The molecule has 0 spiro atoms. The molecular weight excluding hydrogens is 484 g/mol. The Kier molecular flexibility index (Phi) is 7.19. The molecule has 0 radical (unpaired) electrons. The van der Waals surface area contributed by atoms with E-state index in [0.717, 1.165) is 6.07 Å². The molecule has 0 fully saturated rings. The van der Waals surface area contributed by atoms with Crippen LogP contribution >= 0.6 is 0 Å². The van der Waals surface area contributed by atoms with Crippen LogP contribution in [0.3, 0.4) is 0 Å². The van der Waals surface area contributed by atoms with Gasteiger partial charge in [-0.25, -0.2) is 4.79 Å². The first-order valence-electron chi connectivity index (χ1n) is 11.0.